The van der Waals surface area contributed by atoms with Gasteiger partial charge in [0.05, 0.1) is 33.4 Å². The summed E-state index contributed by atoms with van der Waals surface area (Å²) in [6.45, 7) is 2.59. The highest BCUT2D eigenvalue weighted by Crippen LogP contribution is 2.25. The van der Waals surface area contributed by atoms with E-state index in [4.69, 9.17) is 9.47 Å². The Morgan fingerprint density at radius 2 is 1.83 bits per heavy atom. The minimum atomic E-state index is -0.0334. The summed E-state index contributed by atoms with van der Waals surface area (Å²) in [5.74, 6) is 1.94. The SMILES string of the molecule is COc1ccc(CN=C(NCC(=O)N(C)C)NC(C)c2ccccc2)c(OC)c1. The van der Waals surface area contributed by atoms with Gasteiger partial charge in [0.2, 0.25) is 5.91 Å². The number of carbonyl (C=O) groups is 1. The van der Waals surface area contributed by atoms with Crippen molar-refractivity contribution >= 4 is 11.9 Å². The van der Waals surface area contributed by atoms with Gasteiger partial charge in [-0.2, -0.15) is 0 Å². The zero-order valence-electron chi connectivity index (χ0n) is 17.7. The molecule has 0 saturated carbocycles. The van der Waals surface area contributed by atoms with Crippen LogP contribution in [0.4, 0.5) is 0 Å². The Bertz CT molecular complexity index is 822. The predicted molar refractivity (Wildman–Crippen MR) is 115 cm³/mol. The maximum absolute atomic E-state index is 12.0. The molecule has 7 nitrogen and oxygen atoms in total. The van der Waals surface area contributed by atoms with Gasteiger partial charge in [0.1, 0.15) is 11.5 Å². The van der Waals surface area contributed by atoms with E-state index in [0.29, 0.717) is 18.3 Å². The first-order valence-corrected chi connectivity index (χ1v) is 9.45. The molecule has 1 unspecified atom stereocenters. The molecule has 29 heavy (non-hydrogen) atoms. The van der Waals surface area contributed by atoms with Crippen LogP contribution in [0.3, 0.4) is 0 Å². The number of carbonyl (C=O) groups excluding carboxylic acids is 1. The molecule has 0 fully saturated rings. The number of guanidine groups is 1. The number of hydrogen-bond donors (Lipinski definition) is 2. The molecule has 2 rings (SSSR count). The lowest BCUT2D eigenvalue weighted by Crippen LogP contribution is -2.43. The highest BCUT2D eigenvalue weighted by molar-refractivity contribution is 5.86. The summed E-state index contributed by atoms with van der Waals surface area (Å²) in [5.41, 5.74) is 2.05. The minimum absolute atomic E-state index is 0.0228. The zero-order valence-corrected chi connectivity index (χ0v) is 17.7. The topological polar surface area (TPSA) is 75.2 Å². The average Bonchev–Trinajstić information content (AvgIpc) is 2.75. The fourth-order valence-electron chi connectivity index (χ4n) is 2.65. The number of nitrogens with one attached hydrogen (secondary N) is 2. The van der Waals surface area contributed by atoms with Crippen molar-refractivity contribution in [2.75, 3.05) is 34.9 Å². The third-order valence-electron chi connectivity index (χ3n) is 4.46. The summed E-state index contributed by atoms with van der Waals surface area (Å²) >= 11 is 0. The van der Waals surface area contributed by atoms with Gasteiger partial charge in [-0.15, -0.1) is 0 Å². The molecule has 2 aromatic carbocycles. The molecule has 2 N–H and O–H groups in total. The maximum Gasteiger partial charge on any atom is 0.241 e. The van der Waals surface area contributed by atoms with Gasteiger partial charge in [-0.1, -0.05) is 30.3 Å². The summed E-state index contributed by atoms with van der Waals surface area (Å²) in [5, 5.41) is 6.47. The van der Waals surface area contributed by atoms with Crippen molar-refractivity contribution in [3.63, 3.8) is 0 Å². The van der Waals surface area contributed by atoms with E-state index in [0.717, 1.165) is 16.9 Å². The van der Waals surface area contributed by atoms with Crippen molar-refractivity contribution in [2.45, 2.75) is 19.5 Å². The van der Waals surface area contributed by atoms with Crippen LogP contribution in [0.2, 0.25) is 0 Å². The average molecular weight is 399 g/mol. The molecule has 0 heterocycles. The number of benzene rings is 2. The van der Waals surface area contributed by atoms with Crippen LogP contribution in [0.25, 0.3) is 0 Å². The molecule has 0 radical (unpaired) electrons. The number of ether oxygens (including phenoxy) is 2. The lowest BCUT2D eigenvalue weighted by molar-refractivity contribution is -0.127. The molecule has 0 bridgehead atoms. The van der Waals surface area contributed by atoms with Crippen LogP contribution in [0.1, 0.15) is 24.1 Å². The molecule has 0 aromatic heterocycles. The van der Waals surface area contributed by atoms with E-state index in [-0.39, 0.29) is 18.5 Å². The van der Waals surface area contributed by atoms with Crippen molar-refractivity contribution in [1.82, 2.24) is 15.5 Å². The maximum atomic E-state index is 12.0. The number of likely N-dealkylation sites (N-methyl/N-ethyl adjacent to an activating group) is 1. The molecular formula is C22H30N4O3. The normalized spacial score (nSPS) is 12.1. The first-order valence-electron chi connectivity index (χ1n) is 9.45. The van der Waals surface area contributed by atoms with Crippen LogP contribution < -0.4 is 20.1 Å². The van der Waals surface area contributed by atoms with Crippen LogP contribution in [-0.2, 0) is 11.3 Å². The smallest absolute Gasteiger partial charge is 0.241 e. The summed E-state index contributed by atoms with van der Waals surface area (Å²) in [6, 6.07) is 15.7. The van der Waals surface area contributed by atoms with Crippen molar-refractivity contribution in [3.05, 3.63) is 59.7 Å². The van der Waals surface area contributed by atoms with Gasteiger partial charge in [0.25, 0.3) is 0 Å². The molecule has 0 saturated heterocycles. The van der Waals surface area contributed by atoms with Crippen molar-refractivity contribution in [2.24, 2.45) is 4.99 Å². The molecule has 0 spiro atoms. The Kier molecular flexibility index (Phi) is 8.33. The third-order valence-corrected chi connectivity index (χ3v) is 4.46. The quantitative estimate of drug-likeness (QED) is 0.528. The van der Waals surface area contributed by atoms with Gasteiger partial charge in [-0.3, -0.25) is 4.79 Å². The third kappa shape index (κ3) is 6.71. The van der Waals surface area contributed by atoms with E-state index in [1.165, 1.54) is 4.90 Å². The minimum Gasteiger partial charge on any atom is -0.497 e. The second kappa shape index (κ2) is 10.9. The lowest BCUT2D eigenvalue weighted by atomic mass is 10.1. The Balaban J connectivity index is 2.18. The largest absolute Gasteiger partial charge is 0.497 e. The Morgan fingerprint density at radius 1 is 1.10 bits per heavy atom. The molecule has 156 valence electrons. The Hall–Kier alpha value is -3.22. The number of amides is 1. The van der Waals surface area contributed by atoms with E-state index >= 15 is 0 Å². The molecule has 0 aliphatic rings. The number of hydrogen-bond acceptors (Lipinski definition) is 4. The number of rotatable bonds is 8. The lowest BCUT2D eigenvalue weighted by Gasteiger charge is -2.20. The van der Waals surface area contributed by atoms with Gasteiger partial charge in [0.15, 0.2) is 5.96 Å². The van der Waals surface area contributed by atoms with E-state index in [1.807, 2.05) is 55.5 Å². The molecule has 0 aliphatic carbocycles. The highest BCUT2D eigenvalue weighted by Gasteiger charge is 2.11. The monoisotopic (exact) mass is 398 g/mol. The fourth-order valence-corrected chi connectivity index (χ4v) is 2.65. The van der Waals surface area contributed by atoms with Crippen molar-refractivity contribution in [1.29, 1.82) is 0 Å². The Morgan fingerprint density at radius 3 is 2.45 bits per heavy atom. The summed E-state index contributed by atoms with van der Waals surface area (Å²) in [7, 11) is 6.68. The molecule has 7 heteroatoms. The van der Waals surface area contributed by atoms with Crippen LogP contribution >= 0.6 is 0 Å². The van der Waals surface area contributed by atoms with Gasteiger partial charge < -0.3 is 25.0 Å². The summed E-state index contributed by atoms with van der Waals surface area (Å²) in [6.07, 6.45) is 0. The predicted octanol–water partition coefficient (Wildman–Crippen LogP) is 2.59. The first kappa shape index (κ1) is 22.1. The van der Waals surface area contributed by atoms with E-state index in [1.54, 1.807) is 28.3 Å². The van der Waals surface area contributed by atoms with Gasteiger partial charge in [-0.25, -0.2) is 4.99 Å². The summed E-state index contributed by atoms with van der Waals surface area (Å²) < 4.78 is 10.7. The van der Waals surface area contributed by atoms with Crippen molar-refractivity contribution in [3.8, 4) is 11.5 Å². The highest BCUT2D eigenvalue weighted by atomic mass is 16.5. The molecular weight excluding hydrogens is 368 g/mol. The number of methoxy groups -OCH3 is 2. The fraction of sp³-hybridized carbons (Fsp3) is 0.364. The van der Waals surface area contributed by atoms with Crippen molar-refractivity contribution < 1.29 is 14.3 Å². The molecule has 1 atom stereocenters. The van der Waals surface area contributed by atoms with Gasteiger partial charge in [-0.05, 0) is 24.6 Å². The van der Waals surface area contributed by atoms with Crippen LogP contribution in [0, 0.1) is 0 Å². The van der Waals surface area contributed by atoms with Crippen LogP contribution in [0.5, 0.6) is 11.5 Å². The second-order valence-corrected chi connectivity index (χ2v) is 6.76. The molecule has 1 amide bonds. The second-order valence-electron chi connectivity index (χ2n) is 6.76. The standard InChI is InChI=1S/C22H30N4O3/c1-16(17-9-7-6-8-10-17)25-22(24-15-21(27)26(2)3)23-14-18-11-12-19(28-4)13-20(18)29-5/h6-13,16H,14-15H2,1-5H3,(H2,23,24,25). The van der Waals surface area contributed by atoms with E-state index in [9.17, 15) is 4.79 Å². The number of aliphatic imine (C=N–C) groups is 1. The van der Waals surface area contributed by atoms with Crippen LogP contribution in [-0.4, -0.2) is 51.6 Å². The van der Waals surface area contributed by atoms with Gasteiger partial charge in [0, 0.05) is 25.7 Å². The summed E-state index contributed by atoms with van der Waals surface area (Å²) in [4.78, 5) is 18.2. The van der Waals surface area contributed by atoms with E-state index in [2.05, 4.69) is 15.6 Å². The molecule has 0 aliphatic heterocycles. The van der Waals surface area contributed by atoms with Crippen LogP contribution in [0.15, 0.2) is 53.5 Å². The Labute approximate surface area is 172 Å². The zero-order chi connectivity index (χ0) is 21.2. The molecule has 2 aromatic rings. The van der Waals surface area contributed by atoms with E-state index < -0.39 is 0 Å². The van der Waals surface area contributed by atoms with Gasteiger partial charge >= 0.3 is 0 Å². The first-order chi connectivity index (χ1) is 13.9. The number of nitrogens with zero attached hydrogens (tertiary/aromatic N) is 2.